The molecule has 0 bridgehead atoms. The molecule has 1 unspecified atom stereocenters. The number of carbonyl (C=O) groups excluding carboxylic acids is 2. The van der Waals surface area contributed by atoms with Gasteiger partial charge in [0.25, 0.3) is 0 Å². The van der Waals surface area contributed by atoms with Gasteiger partial charge in [0.1, 0.15) is 6.04 Å². The first-order chi connectivity index (χ1) is 12.3. The molecular weight excluding hydrogens is 369 g/mol. The minimum atomic E-state index is -4.55. The fourth-order valence-corrected chi connectivity index (χ4v) is 3.02. The number of nitrogens with one attached hydrogen (secondary N) is 1. The van der Waals surface area contributed by atoms with E-state index in [2.05, 4.69) is 5.32 Å². The predicted molar refractivity (Wildman–Crippen MR) is 92.0 cm³/mol. The molecule has 1 N–H and O–H groups in total. The number of carbonyl (C=O) groups is 2. The van der Waals surface area contributed by atoms with Crippen LogP contribution in [0.1, 0.15) is 18.4 Å². The number of benzene rings is 2. The molecule has 0 radical (unpaired) electrons. The van der Waals surface area contributed by atoms with Crippen molar-refractivity contribution in [3.63, 3.8) is 0 Å². The Kier molecular flexibility index (Phi) is 4.91. The van der Waals surface area contributed by atoms with Crippen molar-refractivity contribution in [2.45, 2.75) is 25.1 Å². The number of amides is 2. The van der Waals surface area contributed by atoms with Gasteiger partial charge in [-0.3, -0.25) is 14.5 Å². The first-order valence-electron chi connectivity index (χ1n) is 7.82. The Balaban J connectivity index is 1.85. The molecule has 1 heterocycles. The molecule has 4 nitrogen and oxygen atoms in total. The van der Waals surface area contributed by atoms with Gasteiger partial charge in [0, 0.05) is 12.1 Å². The fraction of sp³-hybridized carbons (Fsp3) is 0.222. The number of anilines is 2. The Morgan fingerprint density at radius 2 is 1.85 bits per heavy atom. The Morgan fingerprint density at radius 1 is 1.15 bits per heavy atom. The summed E-state index contributed by atoms with van der Waals surface area (Å²) in [5.41, 5.74) is -0.497. The second-order valence-corrected chi connectivity index (χ2v) is 6.24. The van der Waals surface area contributed by atoms with Crippen molar-refractivity contribution in [2.24, 2.45) is 0 Å². The molecule has 0 aliphatic carbocycles. The Hall–Kier alpha value is -2.54. The van der Waals surface area contributed by atoms with Crippen LogP contribution in [0.2, 0.25) is 5.02 Å². The van der Waals surface area contributed by atoms with Crippen LogP contribution in [0.15, 0.2) is 48.5 Å². The van der Waals surface area contributed by atoms with Gasteiger partial charge in [0.05, 0.1) is 16.3 Å². The molecule has 3 rings (SSSR count). The summed E-state index contributed by atoms with van der Waals surface area (Å²) in [4.78, 5) is 26.1. The summed E-state index contributed by atoms with van der Waals surface area (Å²) in [6.07, 6.45) is -4.09. The minimum Gasteiger partial charge on any atom is -0.323 e. The molecule has 2 aromatic rings. The Labute approximate surface area is 152 Å². The van der Waals surface area contributed by atoms with Gasteiger partial charge < -0.3 is 5.32 Å². The standard InChI is InChI=1S/C18H14ClF3N2O2/c19-13-7-6-11(18(20,21)22)10-14(13)23-17(26)15-8-9-16(25)24(15)12-4-2-1-3-5-12/h1-7,10,15H,8-9H2,(H,23,26). The lowest BCUT2D eigenvalue weighted by atomic mass is 10.1. The lowest BCUT2D eigenvalue weighted by molar-refractivity contribution is -0.137. The van der Waals surface area contributed by atoms with Gasteiger partial charge in [0.15, 0.2) is 0 Å². The first-order valence-corrected chi connectivity index (χ1v) is 8.20. The number of hydrogen-bond donors (Lipinski definition) is 1. The number of para-hydroxylation sites is 1. The van der Waals surface area contributed by atoms with Crippen molar-refractivity contribution in [3.05, 3.63) is 59.1 Å². The number of halogens is 4. The number of alkyl halides is 3. The monoisotopic (exact) mass is 382 g/mol. The molecule has 1 atom stereocenters. The van der Waals surface area contributed by atoms with Crippen LogP contribution < -0.4 is 10.2 Å². The largest absolute Gasteiger partial charge is 0.416 e. The molecule has 26 heavy (non-hydrogen) atoms. The van der Waals surface area contributed by atoms with E-state index < -0.39 is 23.7 Å². The van der Waals surface area contributed by atoms with Gasteiger partial charge in [-0.05, 0) is 36.8 Å². The maximum absolute atomic E-state index is 12.9. The van der Waals surface area contributed by atoms with E-state index in [4.69, 9.17) is 11.6 Å². The smallest absolute Gasteiger partial charge is 0.323 e. The third-order valence-electron chi connectivity index (χ3n) is 4.10. The van der Waals surface area contributed by atoms with Crippen LogP contribution in [0, 0.1) is 0 Å². The molecule has 8 heteroatoms. The Bertz CT molecular complexity index is 840. The van der Waals surface area contributed by atoms with Gasteiger partial charge in [-0.15, -0.1) is 0 Å². The van der Waals surface area contributed by atoms with Crippen molar-refractivity contribution in [3.8, 4) is 0 Å². The van der Waals surface area contributed by atoms with E-state index in [1.54, 1.807) is 30.3 Å². The summed E-state index contributed by atoms with van der Waals surface area (Å²) < 4.78 is 38.6. The van der Waals surface area contributed by atoms with E-state index in [0.29, 0.717) is 5.69 Å². The van der Waals surface area contributed by atoms with E-state index >= 15 is 0 Å². The average Bonchev–Trinajstić information content (AvgIpc) is 2.98. The highest BCUT2D eigenvalue weighted by molar-refractivity contribution is 6.33. The summed E-state index contributed by atoms with van der Waals surface area (Å²) in [5.74, 6) is -0.799. The van der Waals surface area contributed by atoms with Crippen LogP contribution in [-0.2, 0) is 15.8 Å². The maximum atomic E-state index is 12.9. The molecule has 1 saturated heterocycles. The van der Waals surface area contributed by atoms with Crippen LogP contribution in [-0.4, -0.2) is 17.9 Å². The van der Waals surface area contributed by atoms with E-state index in [1.807, 2.05) is 0 Å². The van der Waals surface area contributed by atoms with Crippen LogP contribution in [0.3, 0.4) is 0 Å². The van der Waals surface area contributed by atoms with Gasteiger partial charge >= 0.3 is 6.18 Å². The fourth-order valence-electron chi connectivity index (χ4n) is 2.86. The van der Waals surface area contributed by atoms with E-state index in [-0.39, 0.29) is 29.5 Å². The summed E-state index contributed by atoms with van der Waals surface area (Å²) >= 11 is 5.92. The topological polar surface area (TPSA) is 49.4 Å². The summed E-state index contributed by atoms with van der Waals surface area (Å²) in [7, 11) is 0. The average molecular weight is 383 g/mol. The molecule has 2 amide bonds. The zero-order chi connectivity index (χ0) is 18.9. The van der Waals surface area contributed by atoms with E-state index in [0.717, 1.165) is 18.2 Å². The van der Waals surface area contributed by atoms with E-state index in [1.165, 1.54) is 4.90 Å². The van der Waals surface area contributed by atoms with Crippen LogP contribution in [0.25, 0.3) is 0 Å². The molecule has 0 spiro atoms. The van der Waals surface area contributed by atoms with Crippen LogP contribution in [0.5, 0.6) is 0 Å². The van der Waals surface area contributed by atoms with Crippen molar-refractivity contribution in [1.82, 2.24) is 0 Å². The molecule has 0 saturated carbocycles. The second-order valence-electron chi connectivity index (χ2n) is 5.84. The highest BCUT2D eigenvalue weighted by atomic mass is 35.5. The molecule has 1 aliphatic heterocycles. The third kappa shape index (κ3) is 3.67. The molecule has 136 valence electrons. The summed E-state index contributed by atoms with van der Waals surface area (Å²) in [5, 5.41) is 2.41. The maximum Gasteiger partial charge on any atom is 0.416 e. The van der Waals surface area contributed by atoms with Gasteiger partial charge in [-0.1, -0.05) is 29.8 Å². The second kappa shape index (κ2) is 6.99. The number of nitrogens with zero attached hydrogens (tertiary/aromatic N) is 1. The van der Waals surface area contributed by atoms with E-state index in [9.17, 15) is 22.8 Å². The van der Waals surface area contributed by atoms with Crippen molar-refractivity contribution in [2.75, 3.05) is 10.2 Å². The SMILES string of the molecule is O=C(Nc1cc(C(F)(F)F)ccc1Cl)C1CCC(=O)N1c1ccccc1. The van der Waals surface area contributed by atoms with Gasteiger partial charge in [-0.25, -0.2) is 0 Å². The first kappa shape index (κ1) is 18.3. The minimum absolute atomic E-state index is 0.0121. The predicted octanol–water partition coefficient (Wildman–Crippen LogP) is 4.49. The van der Waals surface area contributed by atoms with Crippen molar-refractivity contribution < 1.29 is 22.8 Å². The normalized spacial score (nSPS) is 17.5. The molecule has 1 aliphatic rings. The van der Waals surface area contributed by atoms with Crippen molar-refractivity contribution >= 4 is 34.8 Å². The summed E-state index contributed by atoms with van der Waals surface area (Å²) in [6.45, 7) is 0. The number of hydrogen-bond acceptors (Lipinski definition) is 2. The zero-order valence-electron chi connectivity index (χ0n) is 13.4. The summed E-state index contributed by atoms with van der Waals surface area (Å²) in [6, 6.07) is 10.5. The highest BCUT2D eigenvalue weighted by Gasteiger charge is 2.37. The molecule has 1 fully saturated rings. The van der Waals surface area contributed by atoms with Crippen LogP contribution in [0.4, 0.5) is 24.5 Å². The highest BCUT2D eigenvalue weighted by Crippen LogP contribution is 2.34. The molecule has 2 aromatic carbocycles. The third-order valence-corrected chi connectivity index (χ3v) is 4.43. The Morgan fingerprint density at radius 3 is 2.50 bits per heavy atom. The zero-order valence-corrected chi connectivity index (χ0v) is 14.1. The van der Waals surface area contributed by atoms with Crippen molar-refractivity contribution in [1.29, 1.82) is 0 Å². The van der Waals surface area contributed by atoms with Gasteiger partial charge in [0.2, 0.25) is 11.8 Å². The number of rotatable bonds is 3. The lowest BCUT2D eigenvalue weighted by Gasteiger charge is -2.24. The quantitative estimate of drug-likeness (QED) is 0.850. The molecule has 0 aromatic heterocycles. The van der Waals surface area contributed by atoms with Gasteiger partial charge in [-0.2, -0.15) is 13.2 Å². The molecular formula is C18H14ClF3N2O2. The lowest BCUT2D eigenvalue weighted by Crippen LogP contribution is -2.41. The van der Waals surface area contributed by atoms with Crippen LogP contribution >= 0.6 is 11.6 Å².